The van der Waals surface area contributed by atoms with E-state index >= 15 is 0 Å². The van der Waals surface area contributed by atoms with Crippen LogP contribution in [-0.4, -0.2) is 33.7 Å². The molecule has 2 aromatic heterocycles. The van der Waals surface area contributed by atoms with Crippen molar-refractivity contribution < 1.29 is 19.2 Å². The molecule has 1 atom stereocenters. The largest absolute Gasteiger partial charge is 0.481 e. The van der Waals surface area contributed by atoms with Gasteiger partial charge in [0.15, 0.2) is 0 Å². The molecular formula is C14H17N3O4. The van der Waals surface area contributed by atoms with Crippen molar-refractivity contribution in [3.8, 4) is 0 Å². The molecule has 0 aromatic carbocycles. The average molecular weight is 291 g/mol. The van der Waals surface area contributed by atoms with Crippen LogP contribution in [0.3, 0.4) is 0 Å². The number of pyridine rings is 1. The fraction of sp³-hybridized carbons (Fsp3) is 0.429. The van der Waals surface area contributed by atoms with E-state index in [1.54, 1.807) is 26.8 Å². The lowest BCUT2D eigenvalue weighted by molar-refractivity contribution is -0.141. The van der Waals surface area contributed by atoms with E-state index in [1.807, 2.05) is 0 Å². The first-order chi connectivity index (χ1) is 9.90. The fourth-order valence-corrected chi connectivity index (χ4v) is 2.02. The van der Waals surface area contributed by atoms with E-state index in [4.69, 9.17) is 9.63 Å². The lowest BCUT2D eigenvalue weighted by Crippen LogP contribution is -2.27. The molecule has 0 aliphatic rings. The first-order valence-corrected chi connectivity index (χ1v) is 6.64. The molecule has 112 valence electrons. The summed E-state index contributed by atoms with van der Waals surface area (Å²) in [6.45, 7) is 5.40. The molecular weight excluding hydrogens is 274 g/mol. The molecule has 0 fully saturated rings. The molecule has 0 bridgehead atoms. The van der Waals surface area contributed by atoms with Gasteiger partial charge in [-0.15, -0.1) is 0 Å². The van der Waals surface area contributed by atoms with Crippen LogP contribution >= 0.6 is 0 Å². The predicted molar refractivity (Wildman–Crippen MR) is 75.0 cm³/mol. The van der Waals surface area contributed by atoms with Crippen molar-refractivity contribution in [1.29, 1.82) is 0 Å². The summed E-state index contributed by atoms with van der Waals surface area (Å²) in [5.74, 6) is -1.66. The van der Waals surface area contributed by atoms with Crippen LogP contribution in [0.5, 0.6) is 0 Å². The number of nitrogens with zero attached hydrogens (tertiary/aromatic N) is 2. The predicted octanol–water partition coefficient (Wildman–Crippen LogP) is 1.68. The van der Waals surface area contributed by atoms with E-state index in [2.05, 4.69) is 15.5 Å². The number of carbonyl (C=O) groups excluding carboxylic acids is 1. The van der Waals surface area contributed by atoms with Crippen LogP contribution in [0.4, 0.5) is 0 Å². The highest BCUT2D eigenvalue weighted by atomic mass is 16.5. The van der Waals surface area contributed by atoms with Gasteiger partial charge in [-0.05, 0) is 26.3 Å². The maximum absolute atomic E-state index is 12.3. The molecule has 2 N–H and O–H groups in total. The zero-order valence-electron chi connectivity index (χ0n) is 12.1. The number of fused-ring (bicyclic) bond motifs is 1. The zero-order chi connectivity index (χ0) is 15.6. The highest BCUT2D eigenvalue weighted by molar-refractivity contribution is 6.06. The standard InChI is InChI=1S/C14H17N3O4/c1-7(14(19)20)4-5-15-12(18)10-6-8(2)16-13-11(10)9(3)17-21-13/h6-7H,4-5H2,1-3H3,(H,15,18)(H,19,20). The summed E-state index contributed by atoms with van der Waals surface area (Å²) in [6.07, 6.45) is 0.372. The lowest BCUT2D eigenvalue weighted by atomic mass is 10.1. The average Bonchev–Trinajstić information content (AvgIpc) is 2.78. The fourth-order valence-electron chi connectivity index (χ4n) is 2.02. The normalized spacial score (nSPS) is 12.3. The molecule has 0 radical (unpaired) electrons. The molecule has 7 nitrogen and oxygen atoms in total. The molecule has 7 heteroatoms. The van der Waals surface area contributed by atoms with Crippen molar-refractivity contribution in [1.82, 2.24) is 15.5 Å². The quantitative estimate of drug-likeness (QED) is 0.868. The molecule has 0 saturated heterocycles. The van der Waals surface area contributed by atoms with E-state index in [1.165, 1.54) is 0 Å². The Kier molecular flexibility index (Phi) is 4.21. The van der Waals surface area contributed by atoms with Gasteiger partial charge >= 0.3 is 5.97 Å². The molecule has 21 heavy (non-hydrogen) atoms. The van der Waals surface area contributed by atoms with Crippen LogP contribution in [0.25, 0.3) is 11.1 Å². The summed E-state index contributed by atoms with van der Waals surface area (Å²) in [6, 6.07) is 1.67. The third-order valence-electron chi connectivity index (χ3n) is 3.27. The first-order valence-electron chi connectivity index (χ1n) is 6.64. The Hall–Kier alpha value is -2.44. The first kappa shape index (κ1) is 15.0. The lowest BCUT2D eigenvalue weighted by Gasteiger charge is -2.09. The monoisotopic (exact) mass is 291 g/mol. The van der Waals surface area contributed by atoms with Gasteiger partial charge in [0.05, 0.1) is 22.6 Å². The van der Waals surface area contributed by atoms with Crippen LogP contribution in [-0.2, 0) is 4.79 Å². The third-order valence-corrected chi connectivity index (χ3v) is 3.27. The molecule has 0 aliphatic heterocycles. The van der Waals surface area contributed by atoms with Crippen LogP contribution in [0.1, 0.15) is 35.1 Å². The summed E-state index contributed by atoms with van der Waals surface area (Å²) < 4.78 is 5.08. The summed E-state index contributed by atoms with van der Waals surface area (Å²) in [5.41, 5.74) is 2.03. The zero-order valence-corrected chi connectivity index (χ0v) is 12.1. The Bertz CT molecular complexity index is 693. The van der Waals surface area contributed by atoms with Gasteiger partial charge in [0.1, 0.15) is 0 Å². The van der Waals surface area contributed by atoms with Crippen molar-refractivity contribution >= 4 is 23.0 Å². The van der Waals surface area contributed by atoms with Gasteiger partial charge < -0.3 is 14.9 Å². The smallest absolute Gasteiger partial charge is 0.306 e. The van der Waals surface area contributed by atoms with Crippen molar-refractivity contribution in [3.05, 3.63) is 23.0 Å². The van der Waals surface area contributed by atoms with Gasteiger partial charge in [0.2, 0.25) is 0 Å². The Morgan fingerprint density at radius 1 is 1.43 bits per heavy atom. The second-order valence-electron chi connectivity index (χ2n) is 5.04. The van der Waals surface area contributed by atoms with Crippen molar-refractivity contribution in [2.75, 3.05) is 6.54 Å². The van der Waals surface area contributed by atoms with Gasteiger partial charge in [-0.3, -0.25) is 9.59 Å². The number of rotatable bonds is 5. The SMILES string of the molecule is Cc1cc(C(=O)NCCC(C)C(=O)O)c2c(C)noc2n1. The summed E-state index contributed by atoms with van der Waals surface area (Å²) in [5, 5.41) is 15.9. The summed E-state index contributed by atoms with van der Waals surface area (Å²) in [7, 11) is 0. The third kappa shape index (κ3) is 3.18. The molecule has 2 aromatic rings. The minimum Gasteiger partial charge on any atom is -0.481 e. The minimum absolute atomic E-state index is 0.283. The van der Waals surface area contributed by atoms with Gasteiger partial charge in [-0.25, -0.2) is 4.98 Å². The Balaban J connectivity index is 2.16. The van der Waals surface area contributed by atoms with Gasteiger partial charge in [0, 0.05) is 12.2 Å². The van der Waals surface area contributed by atoms with E-state index in [-0.39, 0.29) is 5.91 Å². The summed E-state index contributed by atoms with van der Waals surface area (Å²) in [4.78, 5) is 27.2. The minimum atomic E-state index is -0.874. The van der Waals surface area contributed by atoms with Gasteiger partial charge in [0.25, 0.3) is 11.6 Å². The molecule has 1 amide bonds. The Morgan fingerprint density at radius 2 is 2.14 bits per heavy atom. The van der Waals surface area contributed by atoms with Gasteiger partial charge in [-0.2, -0.15) is 0 Å². The van der Waals surface area contributed by atoms with E-state index < -0.39 is 11.9 Å². The number of hydrogen-bond donors (Lipinski definition) is 2. The number of aromatic nitrogens is 2. The number of aliphatic carboxylic acids is 1. The van der Waals surface area contributed by atoms with Crippen LogP contribution in [0.2, 0.25) is 0 Å². The van der Waals surface area contributed by atoms with E-state index in [0.29, 0.717) is 41.0 Å². The highest BCUT2D eigenvalue weighted by Crippen LogP contribution is 2.21. The number of carbonyl (C=O) groups is 2. The molecule has 2 heterocycles. The van der Waals surface area contributed by atoms with Crippen LogP contribution in [0.15, 0.2) is 10.6 Å². The van der Waals surface area contributed by atoms with E-state index in [0.717, 1.165) is 0 Å². The Labute approximate surface area is 121 Å². The maximum Gasteiger partial charge on any atom is 0.306 e. The molecule has 0 aliphatic carbocycles. The number of hydrogen-bond acceptors (Lipinski definition) is 5. The molecule has 0 saturated carbocycles. The Morgan fingerprint density at radius 3 is 2.81 bits per heavy atom. The van der Waals surface area contributed by atoms with Crippen molar-refractivity contribution in [2.24, 2.45) is 5.92 Å². The summed E-state index contributed by atoms with van der Waals surface area (Å²) >= 11 is 0. The second kappa shape index (κ2) is 5.90. The molecule has 1 unspecified atom stereocenters. The van der Waals surface area contributed by atoms with Crippen molar-refractivity contribution in [3.63, 3.8) is 0 Å². The number of carboxylic acid groups (broad SMARTS) is 1. The number of carboxylic acids is 1. The van der Waals surface area contributed by atoms with Crippen LogP contribution in [0, 0.1) is 19.8 Å². The second-order valence-corrected chi connectivity index (χ2v) is 5.04. The van der Waals surface area contributed by atoms with E-state index in [9.17, 15) is 9.59 Å². The molecule has 2 rings (SSSR count). The highest BCUT2D eigenvalue weighted by Gasteiger charge is 2.18. The van der Waals surface area contributed by atoms with Gasteiger partial charge in [-0.1, -0.05) is 12.1 Å². The topological polar surface area (TPSA) is 105 Å². The molecule has 0 spiro atoms. The maximum atomic E-state index is 12.3. The number of aryl methyl sites for hydroxylation is 2. The van der Waals surface area contributed by atoms with Crippen molar-refractivity contribution in [2.45, 2.75) is 27.2 Å². The number of amides is 1. The van der Waals surface area contributed by atoms with Crippen LogP contribution < -0.4 is 5.32 Å². The number of nitrogens with one attached hydrogen (secondary N) is 1.